The van der Waals surface area contributed by atoms with Crippen molar-refractivity contribution in [1.29, 1.82) is 0 Å². The second-order valence-electron chi connectivity index (χ2n) is 4.42. The first-order valence-electron chi connectivity index (χ1n) is 5.96. The Morgan fingerprint density at radius 1 is 1.42 bits per heavy atom. The molecule has 2 aromatic rings. The Labute approximate surface area is 118 Å². The summed E-state index contributed by atoms with van der Waals surface area (Å²) in [7, 11) is 0. The molecule has 0 spiro atoms. The van der Waals surface area contributed by atoms with Crippen molar-refractivity contribution < 1.29 is 9.90 Å². The second-order valence-corrected chi connectivity index (χ2v) is 5.21. The van der Waals surface area contributed by atoms with Gasteiger partial charge >= 0.3 is 0 Å². The maximum atomic E-state index is 11.3. The number of H-pyrrole nitrogens is 1. The number of nitrogens with zero attached hydrogens (tertiary/aromatic N) is 1. The first kappa shape index (κ1) is 12.4. The molecule has 1 aromatic heterocycles. The molecule has 0 saturated carbocycles. The molecule has 0 saturated heterocycles. The third kappa shape index (κ3) is 2.29. The van der Waals surface area contributed by atoms with Gasteiger partial charge in [-0.15, -0.1) is 0 Å². The highest BCUT2D eigenvalue weighted by molar-refractivity contribution is 9.10. The summed E-state index contributed by atoms with van der Waals surface area (Å²) in [6, 6.07) is 5.79. The molecule has 19 heavy (non-hydrogen) atoms. The van der Waals surface area contributed by atoms with Crippen molar-refractivity contribution >= 4 is 27.5 Å². The molecule has 1 aliphatic rings. The fraction of sp³-hybridized carbons (Fsp3) is 0.231. The van der Waals surface area contributed by atoms with Gasteiger partial charge in [-0.25, -0.2) is 4.98 Å². The van der Waals surface area contributed by atoms with E-state index in [1.807, 2.05) is 18.2 Å². The Morgan fingerprint density at radius 2 is 2.26 bits per heavy atom. The van der Waals surface area contributed by atoms with Crippen LogP contribution in [0.2, 0.25) is 0 Å². The molecule has 1 aromatic carbocycles. The van der Waals surface area contributed by atoms with E-state index < -0.39 is 0 Å². The minimum atomic E-state index is 0.0224. The van der Waals surface area contributed by atoms with Crippen LogP contribution in [0.5, 0.6) is 0 Å². The van der Waals surface area contributed by atoms with Crippen molar-refractivity contribution in [3.63, 3.8) is 0 Å². The van der Waals surface area contributed by atoms with E-state index in [4.69, 9.17) is 5.11 Å². The highest BCUT2D eigenvalue weighted by atomic mass is 79.9. The first-order chi connectivity index (χ1) is 9.17. The Hall–Kier alpha value is -1.66. The van der Waals surface area contributed by atoms with Crippen molar-refractivity contribution in [2.75, 3.05) is 11.9 Å². The molecule has 0 radical (unpaired) electrons. The molecule has 2 heterocycles. The van der Waals surface area contributed by atoms with Gasteiger partial charge in [-0.3, -0.25) is 4.79 Å². The van der Waals surface area contributed by atoms with Crippen molar-refractivity contribution in [1.82, 2.24) is 9.97 Å². The standard InChI is InChI=1S/C13H12BrN3O2/c14-13-12(16-10(17-13)3-4-18)7-1-2-9-8(5-7)6-11(19)15-9/h1-2,5,18H,3-4,6H2,(H,15,19)(H,16,17). The molecule has 98 valence electrons. The maximum Gasteiger partial charge on any atom is 0.228 e. The smallest absolute Gasteiger partial charge is 0.228 e. The zero-order valence-electron chi connectivity index (χ0n) is 10.0. The molecule has 1 amide bonds. The normalized spacial score (nSPS) is 13.5. The van der Waals surface area contributed by atoms with Gasteiger partial charge in [0.05, 0.1) is 13.0 Å². The lowest BCUT2D eigenvalue weighted by atomic mass is 10.1. The summed E-state index contributed by atoms with van der Waals surface area (Å²) in [5.41, 5.74) is 3.60. The highest BCUT2D eigenvalue weighted by Crippen LogP contribution is 2.31. The Kier molecular flexibility index (Phi) is 3.12. The van der Waals surface area contributed by atoms with Crippen LogP contribution in [-0.2, 0) is 17.6 Å². The molecular weight excluding hydrogens is 310 g/mol. The lowest BCUT2D eigenvalue weighted by Crippen LogP contribution is -2.03. The van der Waals surface area contributed by atoms with Gasteiger partial charge in [0.2, 0.25) is 5.91 Å². The number of aromatic amines is 1. The van der Waals surface area contributed by atoms with Crippen molar-refractivity contribution in [2.45, 2.75) is 12.8 Å². The largest absolute Gasteiger partial charge is 0.396 e. The van der Waals surface area contributed by atoms with Gasteiger partial charge in [-0.1, -0.05) is 6.07 Å². The highest BCUT2D eigenvalue weighted by Gasteiger charge is 2.19. The number of carbonyl (C=O) groups excluding carboxylic acids is 1. The number of halogens is 1. The minimum Gasteiger partial charge on any atom is -0.396 e. The van der Waals surface area contributed by atoms with Gasteiger partial charge in [0.25, 0.3) is 0 Å². The summed E-state index contributed by atoms with van der Waals surface area (Å²) in [6.07, 6.45) is 0.901. The first-order valence-corrected chi connectivity index (χ1v) is 6.75. The number of rotatable bonds is 3. The quantitative estimate of drug-likeness (QED) is 0.807. The van der Waals surface area contributed by atoms with Crippen molar-refractivity contribution in [2.24, 2.45) is 0 Å². The van der Waals surface area contributed by atoms with Crippen LogP contribution in [0.3, 0.4) is 0 Å². The molecule has 0 fully saturated rings. The van der Waals surface area contributed by atoms with E-state index in [9.17, 15) is 4.79 Å². The number of nitrogens with one attached hydrogen (secondary N) is 2. The van der Waals surface area contributed by atoms with E-state index >= 15 is 0 Å². The molecule has 5 nitrogen and oxygen atoms in total. The predicted molar refractivity (Wildman–Crippen MR) is 74.8 cm³/mol. The van der Waals surface area contributed by atoms with Gasteiger partial charge in [-0.05, 0) is 33.6 Å². The van der Waals surface area contributed by atoms with Crippen LogP contribution in [-0.4, -0.2) is 27.6 Å². The van der Waals surface area contributed by atoms with Crippen LogP contribution < -0.4 is 5.32 Å². The number of aliphatic hydroxyl groups is 1. The third-order valence-corrected chi connectivity index (χ3v) is 3.63. The third-order valence-electron chi connectivity index (χ3n) is 3.06. The van der Waals surface area contributed by atoms with Gasteiger partial charge < -0.3 is 15.4 Å². The van der Waals surface area contributed by atoms with Crippen LogP contribution in [0.1, 0.15) is 11.4 Å². The fourth-order valence-electron chi connectivity index (χ4n) is 2.19. The van der Waals surface area contributed by atoms with E-state index in [2.05, 4.69) is 31.2 Å². The van der Waals surface area contributed by atoms with Crippen molar-refractivity contribution in [3.8, 4) is 11.3 Å². The summed E-state index contributed by atoms with van der Waals surface area (Å²) in [5, 5.41) is 11.7. The molecular formula is C13H12BrN3O2. The molecule has 3 rings (SSSR count). The molecule has 6 heteroatoms. The van der Waals surface area contributed by atoms with E-state index in [1.165, 1.54) is 0 Å². The van der Waals surface area contributed by atoms with Crippen LogP contribution in [0.15, 0.2) is 22.8 Å². The maximum absolute atomic E-state index is 11.3. The molecule has 0 atom stereocenters. The Morgan fingerprint density at radius 3 is 3.05 bits per heavy atom. The number of hydrogen-bond donors (Lipinski definition) is 3. The van der Waals surface area contributed by atoms with Gasteiger partial charge in [-0.2, -0.15) is 0 Å². The number of benzene rings is 1. The fourth-order valence-corrected chi connectivity index (χ4v) is 2.74. The van der Waals surface area contributed by atoms with Gasteiger partial charge in [0.1, 0.15) is 16.1 Å². The number of aromatic nitrogens is 2. The van der Waals surface area contributed by atoms with E-state index in [1.54, 1.807) is 0 Å². The lowest BCUT2D eigenvalue weighted by Gasteiger charge is -2.02. The SMILES string of the molecule is O=C1Cc2cc(-c3nc(CCO)[nH]c3Br)ccc2N1. The van der Waals surface area contributed by atoms with Crippen LogP contribution in [0.25, 0.3) is 11.3 Å². The zero-order chi connectivity index (χ0) is 13.4. The van der Waals surface area contributed by atoms with E-state index in [-0.39, 0.29) is 12.5 Å². The average Bonchev–Trinajstić information content (AvgIpc) is 2.90. The number of anilines is 1. The average molecular weight is 322 g/mol. The summed E-state index contributed by atoms with van der Waals surface area (Å²) < 4.78 is 0.785. The van der Waals surface area contributed by atoms with Gasteiger partial charge in [0, 0.05) is 17.7 Å². The molecule has 0 bridgehead atoms. The van der Waals surface area contributed by atoms with E-state index in [0.717, 1.165) is 32.9 Å². The minimum absolute atomic E-state index is 0.0224. The molecule has 3 N–H and O–H groups in total. The summed E-state index contributed by atoms with van der Waals surface area (Å²) in [6.45, 7) is 0.0575. The molecule has 0 unspecified atom stereocenters. The number of fused-ring (bicyclic) bond motifs is 1. The number of imidazole rings is 1. The number of aliphatic hydroxyl groups excluding tert-OH is 1. The zero-order valence-corrected chi connectivity index (χ0v) is 11.6. The predicted octanol–water partition coefficient (Wildman–Crippen LogP) is 1.87. The molecule has 1 aliphatic heterocycles. The lowest BCUT2D eigenvalue weighted by molar-refractivity contribution is -0.115. The van der Waals surface area contributed by atoms with Crippen LogP contribution >= 0.6 is 15.9 Å². The number of carbonyl (C=O) groups is 1. The summed E-state index contributed by atoms with van der Waals surface area (Å²) in [5.74, 6) is 0.758. The summed E-state index contributed by atoms with van der Waals surface area (Å²) in [4.78, 5) is 18.9. The summed E-state index contributed by atoms with van der Waals surface area (Å²) >= 11 is 3.43. The van der Waals surface area contributed by atoms with Gasteiger partial charge in [0.15, 0.2) is 0 Å². The topological polar surface area (TPSA) is 78.0 Å². The van der Waals surface area contributed by atoms with Crippen LogP contribution in [0.4, 0.5) is 5.69 Å². The molecule has 0 aliphatic carbocycles. The number of amides is 1. The van der Waals surface area contributed by atoms with Crippen LogP contribution in [0, 0.1) is 0 Å². The van der Waals surface area contributed by atoms with Crippen molar-refractivity contribution in [3.05, 3.63) is 34.2 Å². The monoisotopic (exact) mass is 321 g/mol. The van der Waals surface area contributed by atoms with E-state index in [0.29, 0.717) is 12.8 Å². The Balaban J connectivity index is 1.99. The Bertz CT molecular complexity index is 651. The number of hydrogen-bond acceptors (Lipinski definition) is 3. The second kappa shape index (κ2) is 4.79.